The molecule has 1 amide bonds. The Bertz CT molecular complexity index is 1610. The second kappa shape index (κ2) is 37.4. The lowest BCUT2D eigenvalue weighted by molar-refractivity contribution is -0.272. The number of alkyl halides is 3. The summed E-state index contributed by atoms with van der Waals surface area (Å²) in [7, 11) is -4.62. The third-order valence-corrected chi connectivity index (χ3v) is 13.3. The van der Waals surface area contributed by atoms with Gasteiger partial charge in [-0.2, -0.15) is 0 Å². The summed E-state index contributed by atoms with van der Waals surface area (Å²) in [6.07, 6.45) is 22.2. The standard InChI is InChI=1S/C53H83Cl3NO11P/c1-5-9-11-13-15-17-19-21-23-31-40-61-44(32-26-22-20-18-16-14-12-10-6-2)37-41-62-50-48(57-52(58)64-43-53(54,55)56)51(63-39-8-4)65-47(42-60-38-7-3)49(50)68-69(59,66-45-33-27-24-28-34-45)67-46-35-29-25-30-36-46/h7-8,24-25,27-30,33-36,44,47-51H,3-6,9-23,26,31-32,37-43H2,1-2H3,(H,57,58)/t44-,47+,48-,49+,50+,51-/m0/s1. The van der Waals surface area contributed by atoms with E-state index >= 15 is 4.57 Å². The number of carbonyl (C=O) groups excluding carboxylic acids is 1. The van der Waals surface area contributed by atoms with Gasteiger partial charge in [0.25, 0.3) is 0 Å². The Morgan fingerprint density at radius 2 is 1.22 bits per heavy atom. The number of para-hydroxylation sites is 2. The molecular formula is C53H83Cl3NO11P. The number of unbranched alkanes of at least 4 members (excludes halogenated alkanes) is 17. The van der Waals surface area contributed by atoms with E-state index in [1.54, 1.807) is 72.8 Å². The molecule has 0 saturated carbocycles. The molecule has 0 aliphatic carbocycles. The highest BCUT2D eigenvalue weighted by Crippen LogP contribution is 2.52. The third kappa shape index (κ3) is 27.9. The van der Waals surface area contributed by atoms with Crippen LogP contribution in [0.4, 0.5) is 4.79 Å². The number of benzene rings is 2. The van der Waals surface area contributed by atoms with Crippen LogP contribution in [-0.4, -0.2) is 86.3 Å². The summed E-state index contributed by atoms with van der Waals surface area (Å²) in [5.74, 6) is 0.447. The predicted octanol–water partition coefficient (Wildman–Crippen LogP) is 15.2. The zero-order valence-electron chi connectivity index (χ0n) is 41.5. The van der Waals surface area contributed by atoms with Gasteiger partial charge in [-0.15, -0.1) is 13.2 Å². The van der Waals surface area contributed by atoms with Gasteiger partial charge in [-0.1, -0.05) is 213 Å². The van der Waals surface area contributed by atoms with Crippen molar-refractivity contribution < 1.29 is 51.4 Å². The van der Waals surface area contributed by atoms with E-state index in [9.17, 15) is 4.79 Å². The van der Waals surface area contributed by atoms with Crippen LogP contribution in [0.2, 0.25) is 0 Å². The maximum absolute atomic E-state index is 15.1. The molecule has 16 heteroatoms. The Hall–Kier alpha value is -2.35. The van der Waals surface area contributed by atoms with Crippen molar-refractivity contribution in [3.8, 4) is 11.5 Å². The molecule has 3 rings (SSSR count). The predicted molar refractivity (Wildman–Crippen MR) is 279 cm³/mol. The number of ether oxygens (including phenoxy) is 6. The molecule has 2 aromatic carbocycles. The highest BCUT2D eigenvalue weighted by molar-refractivity contribution is 7.49. The van der Waals surface area contributed by atoms with Gasteiger partial charge < -0.3 is 42.8 Å². The Balaban J connectivity index is 1.92. The number of alkyl carbamates (subject to hydrolysis) is 1. The van der Waals surface area contributed by atoms with Crippen LogP contribution < -0.4 is 14.4 Å². The normalized spacial score (nSPS) is 18.9. The molecule has 69 heavy (non-hydrogen) atoms. The first-order chi connectivity index (χ1) is 33.5. The average Bonchev–Trinajstić information content (AvgIpc) is 3.33. The summed E-state index contributed by atoms with van der Waals surface area (Å²) in [4.78, 5) is 13.5. The minimum atomic E-state index is -4.62. The minimum absolute atomic E-state index is 0.0326. The quantitative estimate of drug-likeness (QED) is 0.0296. The fourth-order valence-corrected chi connectivity index (χ4v) is 9.62. The number of phosphoric ester groups is 1. The van der Waals surface area contributed by atoms with Gasteiger partial charge in [0.15, 0.2) is 6.29 Å². The second-order valence-corrected chi connectivity index (χ2v) is 21.6. The summed E-state index contributed by atoms with van der Waals surface area (Å²) in [6, 6.07) is 15.9. The van der Waals surface area contributed by atoms with E-state index in [0.29, 0.717) is 13.0 Å². The molecule has 2 aromatic rings. The number of amides is 1. The van der Waals surface area contributed by atoms with Crippen LogP contribution in [0.25, 0.3) is 0 Å². The maximum Gasteiger partial charge on any atom is 0.588 e. The smallest absolute Gasteiger partial charge is 0.445 e. The van der Waals surface area contributed by atoms with E-state index in [1.165, 1.54) is 96.3 Å². The van der Waals surface area contributed by atoms with Crippen LogP contribution in [0.1, 0.15) is 149 Å². The van der Waals surface area contributed by atoms with E-state index in [2.05, 4.69) is 32.3 Å². The molecule has 1 saturated heterocycles. The Morgan fingerprint density at radius 1 is 0.696 bits per heavy atom. The molecule has 1 aliphatic heterocycles. The highest BCUT2D eigenvalue weighted by Gasteiger charge is 2.53. The number of phosphoric acid groups is 1. The van der Waals surface area contributed by atoms with Gasteiger partial charge in [0.2, 0.25) is 3.79 Å². The number of carbonyl (C=O) groups is 1. The molecule has 1 fully saturated rings. The van der Waals surface area contributed by atoms with Gasteiger partial charge >= 0.3 is 13.9 Å². The summed E-state index contributed by atoms with van der Waals surface area (Å²) >= 11 is 17.9. The molecule has 1 aliphatic rings. The van der Waals surface area contributed by atoms with Crippen molar-refractivity contribution >= 4 is 48.7 Å². The topological polar surface area (TPSA) is 129 Å². The fraction of sp³-hybridized carbons (Fsp3) is 0.679. The van der Waals surface area contributed by atoms with Gasteiger partial charge in [0.1, 0.15) is 42.5 Å². The van der Waals surface area contributed by atoms with Crippen molar-refractivity contribution in [1.29, 1.82) is 0 Å². The molecule has 12 nitrogen and oxygen atoms in total. The molecule has 0 aromatic heterocycles. The molecule has 0 spiro atoms. The third-order valence-electron chi connectivity index (χ3n) is 11.6. The monoisotopic (exact) mass is 1050 g/mol. The van der Waals surface area contributed by atoms with Crippen molar-refractivity contribution in [2.24, 2.45) is 0 Å². The maximum atomic E-state index is 15.1. The second-order valence-electron chi connectivity index (χ2n) is 17.6. The van der Waals surface area contributed by atoms with Crippen molar-refractivity contribution in [2.45, 2.75) is 189 Å². The van der Waals surface area contributed by atoms with Gasteiger partial charge in [0.05, 0.1) is 25.9 Å². The zero-order valence-corrected chi connectivity index (χ0v) is 44.6. The average molecular weight is 1050 g/mol. The molecule has 392 valence electrons. The molecule has 6 atom stereocenters. The fourth-order valence-electron chi connectivity index (χ4n) is 8.01. The van der Waals surface area contributed by atoms with Crippen LogP contribution in [0.3, 0.4) is 0 Å². The first-order valence-electron chi connectivity index (χ1n) is 25.6. The molecule has 1 N–H and O–H groups in total. The van der Waals surface area contributed by atoms with Crippen molar-refractivity contribution in [3.05, 3.63) is 86.0 Å². The largest absolute Gasteiger partial charge is 0.588 e. The van der Waals surface area contributed by atoms with Gasteiger partial charge in [-0.25, -0.2) is 9.36 Å². The van der Waals surface area contributed by atoms with Crippen molar-refractivity contribution in [3.63, 3.8) is 0 Å². The lowest BCUT2D eigenvalue weighted by Crippen LogP contribution is -2.66. The number of hydrogen-bond donors (Lipinski definition) is 1. The number of halogens is 3. The molecule has 0 radical (unpaired) electrons. The van der Waals surface area contributed by atoms with E-state index in [1.807, 2.05) is 0 Å². The van der Waals surface area contributed by atoms with E-state index < -0.39 is 55.0 Å². The van der Waals surface area contributed by atoms with Crippen LogP contribution in [0.15, 0.2) is 86.0 Å². The highest BCUT2D eigenvalue weighted by atomic mass is 35.6. The molecule has 0 unspecified atom stereocenters. The van der Waals surface area contributed by atoms with Gasteiger partial charge in [-0.3, -0.25) is 4.52 Å². The van der Waals surface area contributed by atoms with Crippen LogP contribution in [-0.2, 0) is 37.5 Å². The Labute approximate surface area is 429 Å². The van der Waals surface area contributed by atoms with E-state index in [4.69, 9.17) is 76.8 Å². The number of hydrogen-bond acceptors (Lipinski definition) is 11. The van der Waals surface area contributed by atoms with Crippen molar-refractivity contribution in [1.82, 2.24) is 5.32 Å². The van der Waals surface area contributed by atoms with Gasteiger partial charge in [-0.05, 0) is 43.5 Å². The molecule has 0 bridgehead atoms. The summed E-state index contributed by atoms with van der Waals surface area (Å²) < 4.78 is 69.3. The lowest BCUT2D eigenvalue weighted by Gasteiger charge is -2.46. The minimum Gasteiger partial charge on any atom is -0.445 e. The van der Waals surface area contributed by atoms with Crippen molar-refractivity contribution in [2.75, 3.05) is 39.6 Å². The summed E-state index contributed by atoms with van der Waals surface area (Å²) in [5, 5.41) is 2.80. The SMILES string of the molecule is C=CCOC[C@H]1O[C@H](OCC=C)[C@@H](NC(=O)OCC(Cl)(Cl)Cl)[C@@H](OCC[C@H](CCCCCCCCCCC)OCCCCCCCCCCCC)[C@@H]1OP(=O)(Oc1ccccc1)Oc1ccccc1. The summed E-state index contributed by atoms with van der Waals surface area (Å²) in [6.45, 7) is 12.4. The van der Waals surface area contributed by atoms with Gasteiger partial charge in [0, 0.05) is 13.2 Å². The van der Waals surface area contributed by atoms with E-state index in [-0.39, 0.29) is 44.0 Å². The molecular weight excluding hydrogens is 964 g/mol. The van der Waals surface area contributed by atoms with Crippen LogP contribution >= 0.6 is 42.6 Å². The van der Waals surface area contributed by atoms with Crippen LogP contribution in [0, 0.1) is 0 Å². The molecule has 1 heterocycles. The first kappa shape index (κ1) is 61.0. The Morgan fingerprint density at radius 3 is 1.74 bits per heavy atom. The number of rotatable bonds is 41. The first-order valence-corrected chi connectivity index (χ1v) is 28.2. The number of nitrogens with one attached hydrogen (secondary N) is 1. The van der Waals surface area contributed by atoms with Crippen LogP contribution in [0.5, 0.6) is 11.5 Å². The summed E-state index contributed by atoms with van der Waals surface area (Å²) in [5.41, 5.74) is 0. The Kier molecular flexibility index (Phi) is 33.0. The van der Waals surface area contributed by atoms with E-state index in [0.717, 1.165) is 32.1 Å². The zero-order chi connectivity index (χ0) is 49.8. The lowest BCUT2D eigenvalue weighted by atomic mass is 9.96.